The zero-order valence-corrected chi connectivity index (χ0v) is 14.3. The van der Waals surface area contributed by atoms with Crippen molar-refractivity contribution in [3.05, 3.63) is 41.7 Å². The van der Waals surface area contributed by atoms with Gasteiger partial charge in [-0.05, 0) is 24.5 Å². The Labute approximate surface area is 146 Å². The number of ether oxygens (including phenoxy) is 2. The van der Waals surface area contributed by atoms with Crippen molar-refractivity contribution in [2.24, 2.45) is 0 Å². The van der Waals surface area contributed by atoms with Crippen molar-refractivity contribution < 1.29 is 14.3 Å². The highest BCUT2D eigenvalue weighted by atomic mass is 16.5. The van der Waals surface area contributed by atoms with Crippen LogP contribution in [0.5, 0.6) is 5.75 Å². The number of aryl methyl sites for hydroxylation is 1. The second kappa shape index (κ2) is 6.84. The molecule has 1 amide bonds. The number of piperidine rings is 1. The van der Waals surface area contributed by atoms with E-state index in [0.717, 1.165) is 30.0 Å². The molecule has 0 bridgehead atoms. The van der Waals surface area contributed by atoms with Gasteiger partial charge in [-0.2, -0.15) is 0 Å². The molecule has 2 aromatic rings. The van der Waals surface area contributed by atoms with Crippen molar-refractivity contribution >= 4 is 5.91 Å². The van der Waals surface area contributed by atoms with Crippen LogP contribution in [0, 0.1) is 0 Å². The molecule has 0 spiro atoms. The third-order valence-corrected chi connectivity index (χ3v) is 5.09. The van der Waals surface area contributed by atoms with Crippen LogP contribution < -0.4 is 4.74 Å². The van der Waals surface area contributed by atoms with Crippen LogP contribution >= 0.6 is 0 Å². The van der Waals surface area contributed by atoms with Crippen molar-refractivity contribution in [3.63, 3.8) is 0 Å². The Hall–Kier alpha value is -2.41. The molecule has 1 fully saturated rings. The molecule has 1 aromatic heterocycles. The van der Waals surface area contributed by atoms with Crippen LogP contribution in [-0.2, 0) is 22.6 Å². The van der Waals surface area contributed by atoms with Crippen LogP contribution in [0.25, 0.3) is 0 Å². The first-order valence-corrected chi connectivity index (χ1v) is 8.66. The van der Waals surface area contributed by atoms with Gasteiger partial charge in [0.2, 0.25) is 5.91 Å². The summed E-state index contributed by atoms with van der Waals surface area (Å²) >= 11 is 0. The summed E-state index contributed by atoms with van der Waals surface area (Å²) in [7, 11) is 1.66. The zero-order valence-electron chi connectivity index (χ0n) is 14.3. The molecule has 7 nitrogen and oxygen atoms in total. The fourth-order valence-corrected chi connectivity index (χ4v) is 3.72. The van der Waals surface area contributed by atoms with Crippen molar-refractivity contribution in [1.29, 1.82) is 0 Å². The van der Waals surface area contributed by atoms with E-state index >= 15 is 0 Å². The number of nitrogens with zero attached hydrogens (tertiary/aromatic N) is 4. The van der Waals surface area contributed by atoms with Gasteiger partial charge in [0.15, 0.2) is 0 Å². The van der Waals surface area contributed by atoms with Gasteiger partial charge in [0.1, 0.15) is 5.75 Å². The minimum absolute atomic E-state index is 0.00170. The standard InChI is InChI=1S/C18H22N4O3/c1-24-16-5-3-2-4-13(16)6-7-18(23)21-9-8-15-17(11-21)25-12-14-10-19-20-22(14)15/h2-5,10,15,17H,6-9,11-12H2,1H3/t15-,17-/m1/s1. The second-order valence-corrected chi connectivity index (χ2v) is 6.53. The maximum Gasteiger partial charge on any atom is 0.222 e. The number of carbonyl (C=O) groups excluding carboxylic acids is 1. The summed E-state index contributed by atoms with van der Waals surface area (Å²) in [5.41, 5.74) is 2.08. The summed E-state index contributed by atoms with van der Waals surface area (Å²) < 4.78 is 13.3. The van der Waals surface area contributed by atoms with E-state index in [1.807, 2.05) is 33.8 Å². The number of aromatic nitrogens is 3. The van der Waals surface area contributed by atoms with E-state index < -0.39 is 0 Å². The summed E-state index contributed by atoms with van der Waals surface area (Å²) in [5, 5.41) is 8.14. The number of hydrogen-bond donors (Lipinski definition) is 0. The third-order valence-electron chi connectivity index (χ3n) is 5.09. The average molecular weight is 342 g/mol. The van der Waals surface area contributed by atoms with Gasteiger partial charge in [-0.15, -0.1) is 5.10 Å². The zero-order chi connectivity index (χ0) is 17.2. The maximum absolute atomic E-state index is 12.6. The summed E-state index contributed by atoms with van der Waals surface area (Å²) in [6, 6.07) is 8.03. The molecule has 0 aliphatic carbocycles. The number of carbonyl (C=O) groups is 1. The van der Waals surface area contributed by atoms with Gasteiger partial charge < -0.3 is 14.4 Å². The molecular formula is C18H22N4O3. The van der Waals surface area contributed by atoms with Crippen LogP contribution in [0.3, 0.4) is 0 Å². The van der Waals surface area contributed by atoms with Gasteiger partial charge in [0.05, 0.1) is 37.8 Å². The molecule has 2 aliphatic rings. The molecule has 0 N–H and O–H groups in total. The normalized spacial score (nSPS) is 22.2. The Morgan fingerprint density at radius 1 is 1.40 bits per heavy atom. The number of para-hydroxylation sites is 1. The quantitative estimate of drug-likeness (QED) is 0.844. The Morgan fingerprint density at radius 3 is 3.16 bits per heavy atom. The number of hydrogen-bond acceptors (Lipinski definition) is 5. The van der Waals surface area contributed by atoms with E-state index in [-0.39, 0.29) is 18.1 Å². The average Bonchev–Trinajstić information content (AvgIpc) is 3.15. The van der Waals surface area contributed by atoms with Crippen molar-refractivity contribution in [3.8, 4) is 5.75 Å². The summed E-state index contributed by atoms with van der Waals surface area (Å²) in [4.78, 5) is 14.6. The van der Waals surface area contributed by atoms with E-state index in [2.05, 4.69) is 10.3 Å². The minimum atomic E-state index is -0.00170. The molecule has 4 rings (SSSR count). The molecule has 0 radical (unpaired) electrons. The summed E-state index contributed by atoms with van der Waals surface area (Å²) in [6.07, 6.45) is 3.76. The Balaban J connectivity index is 1.37. The lowest BCUT2D eigenvalue weighted by molar-refractivity contribution is -0.139. The Kier molecular flexibility index (Phi) is 4.40. The number of benzene rings is 1. The van der Waals surface area contributed by atoms with Gasteiger partial charge >= 0.3 is 0 Å². The number of rotatable bonds is 4. The molecule has 25 heavy (non-hydrogen) atoms. The number of likely N-dealkylation sites (tertiary alicyclic amines) is 1. The monoisotopic (exact) mass is 342 g/mol. The van der Waals surface area contributed by atoms with E-state index in [1.165, 1.54) is 0 Å². The molecule has 0 saturated carbocycles. The largest absolute Gasteiger partial charge is 0.496 e. The third kappa shape index (κ3) is 3.11. The van der Waals surface area contributed by atoms with Crippen molar-refractivity contribution in [2.45, 2.75) is 38.0 Å². The number of amides is 1. The minimum Gasteiger partial charge on any atom is -0.496 e. The van der Waals surface area contributed by atoms with E-state index in [9.17, 15) is 4.79 Å². The lowest BCUT2D eigenvalue weighted by Gasteiger charge is -2.41. The maximum atomic E-state index is 12.6. The molecule has 7 heteroatoms. The van der Waals surface area contributed by atoms with Gasteiger partial charge in [0, 0.05) is 19.5 Å². The van der Waals surface area contributed by atoms with Crippen molar-refractivity contribution in [2.75, 3.05) is 20.2 Å². The molecule has 2 aliphatic heterocycles. The number of fused-ring (bicyclic) bond motifs is 3. The van der Waals surface area contributed by atoms with Gasteiger partial charge in [0.25, 0.3) is 0 Å². The van der Waals surface area contributed by atoms with Gasteiger partial charge in [-0.1, -0.05) is 23.4 Å². The summed E-state index contributed by atoms with van der Waals surface area (Å²) in [5.74, 6) is 1.00. The number of methoxy groups -OCH3 is 1. The van der Waals surface area contributed by atoms with Gasteiger partial charge in [-0.3, -0.25) is 4.79 Å². The topological polar surface area (TPSA) is 69.5 Å². The lowest BCUT2D eigenvalue weighted by atomic mass is 9.99. The predicted octanol–water partition coefficient (Wildman–Crippen LogP) is 1.59. The van der Waals surface area contributed by atoms with Crippen molar-refractivity contribution in [1.82, 2.24) is 19.9 Å². The predicted molar refractivity (Wildman–Crippen MR) is 90.1 cm³/mol. The fourth-order valence-electron chi connectivity index (χ4n) is 3.72. The van der Waals surface area contributed by atoms with E-state index in [0.29, 0.717) is 26.0 Å². The molecule has 0 unspecified atom stereocenters. The highest BCUT2D eigenvalue weighted by Crippen LogP contribution is 2.30. The SMILES string of the molecule is COc1ccccc1CCC(=O)N1CC[C@@H]2[C@@H](C1)OCc1cnnn12. The molecule has 1 saturated heterocycles. The van der Waals surface area contributed by atoms with Gasteiger partial charge in [-0.25, -0.2) is 4.68 Å². The smallest absolute Gasteiger partial charge is 0.222 e. The van der Waals surface area contributed by atoms with Crippen LogP contribution in [0.2, 0.25) is 0 Å². The molecule has 2 atom stereocenters. The van der Waals surface area contributed by atoms with Crippen LogP contribution in [0.15, 0.2) is 30.5 Å². The van der Waals surface area contributed by atoms with E-state index in [4.69, 9.17) is 9.47 Å². The van der Waals surface area contributed by atoms with E-state index in [1.54, 1.807) is 13.3 Å². The van der Waals surface area contributed by atoms with Crippen LogP contribution in [0.4, 0.5) is 0 Å². The molecule has 1 aromatic carbocycles. The Morgan fingerprint density at radius 2 is 2.28 bits per heavy atom. The lowest BCUT2D eigenvalue weighted by Crippen LogP contribution is -2.50. The first kappa shape index (κ1) is 16.1. The molecule has 3 heterocycles. The highest BCUT2D eigenvalue weighted by molar-refractivity contribution is 5.76. The van der Waals surface area contributed by atoms with Crippen LogP contribution in [-0.4, -0.2) is 52.1 Å². The molecule has 132 valence electrons. The first-order valence-electron chi connectivity index (χ1n) is 8.66. The molecular weight excluding hydrogens is 320 g/mol. The Bertz CT molecular complexity index is 760. The fraction of sp³-hybridized carbons (Fsp3) is 0.500. The first-order chi connectivity index (χ1) is 12.3. The second-order valence-electron chi connectivity index (χ2n) is 6.53. The van der Waals surface area contributed by atoms with Crippen LogP contribution in [0.1, 0.15) is 30.1 Å². The summed E-state index contributed by atoms with van der Waals surface area (Å²) in [6.45, 7) is 1.86. The highest BCUT2D eigenvalue weighted by Gasteiger charge is 2.37.